The summed E-state index contributed by atoms with van der Waals surface area (Å²) in [5.74, 6) is -0.0592. The van der Waals surface area contributed by atoms with Crippen LogP contribution in [0.3, 0.4) is 0 Å². The number of aliphatic hydroxyl groups excluding tert-OH is 1. The van der Waals surface area contributed by atoms with Crippen molar-refractivity contribution in [1.82, 2.24) is 19.7 Å². The monoisotopic (exact) mass is 360 g/mol. The molecule has 7 heteroatoms. The number of hydrogen-bond acceptors (Lipinski definition) is 5. The lowest BCUT2D eigenvalue weighted by Gasteiger charge is -2.42. The molecule has 0 radical (unpaired) electrons. The van der Waals surface area contributed by atoms with Gasteiger partial charge in [0.2, 0.25) is 0 Å². The van der Waals surface area contributed by atoms with Crippen LogP contribution < -0.4 is 0 Å². The number of nitrogens with zero attached hydrogens (tertiary/aromatic N) is 4. The molecule has 3 rings (SSSR count). The van der Waals surface area contributed by atoms with E-state index in [4.69, 9.17) is 0 Å². The summed E-state index contributed by atoms with van der Waals surface area (Å²) in [4.78, 5) is 35.0. The van der Waals surface area contributed by atoms with E-state index in [0.717, 1.165) is 31.5 Å². The summed E-state index contributed by atoms with van der Waals surface area (Å²) in [6.45, 7) is 3.97. The van der Waals surface area contributed by atoms with Gasteiger partial charge in [-0.2, -0.15) is 0 Å². The van der Waals surface area contributed by atoms with Crippen LogP contribution in [0.4, 0.5) is 4.79 Å². The van der Waals surface area contributed by atoms with Gasteiger partial charge in [-0.05, 0) is 50.3 Å². The normalized spacial score (nSPS) is 21.7. The quantitative estimate of drug-likeness (QED) is 0.770. The van der Waals surface area contributed by atoms with E-state index in [2.05, 4.69) is 9.88 Å². The Hall–Kier alpha value is -1.99. The van der Waals surface area contributed by atoms with Crippen molar-refractivity contribution >= 4 is 11.9 Å². The van der Waals surface area contributed by atoms with Crippen LogP contribution >= 0.6 is 0 Å². The summed E-state index contributed by atoms with van der Waals surface area (Å²) < 4.78 is 0. The summed E-state index contributed by atoms with van der Waals surface area (Å²) in [5.41, 5.74) is 0.452. The maximum atomic E-state index is 13.1. The van der Waals surface area contributed by atoms with Gasteiger partial charge < -0.3 is 10.0 Å². The number of pyridine rings is 1. The van der Waals surface area contributed by atoms with E-state index in [1.807, 2.05) is 19.1 Å². The third kappa shape index (κ3) is 3.33. The Morgan fingerprint density at radius 3 is 2.50 bits per heavy atom. The molecule has 1 unspecified atom stereocenters. The van der Waals surface area contributed by atoms with Crippen LogP contribution in [0.1, 0.15) is 31.7 Å². The number of likely N-dealkylation sites (N-methyl/N-ethyl adjacent to an activating group) is 1. The number of aryl methyl sites for hydroxylation is 1. The summed E-state index contributed by atoms with van der Waals surface area (Å²) in [6, 6.07) is 3.81. The zero-order valence-corrected chi connectivity index (χ0v) is 15.6. The molecule has 0 saturated carbocycles. The number of carbonyl (C=O) groups is 2. The van der Waals surface area contributed by atoms with Gasteiger partial charge in [0.15, 0.2) is 0 Å². The maximum absolute atomic E-state index is 13.1. The van der Waals surface area contributed by atoms with Crippen LogP contribution in [0.15, 0.2) is 24.5 Å². The van der Waals surface area contributed by atoms with Crippen molar-refractivity contribution in [2.75, 3.05) is 33.3 Å². The molecule has 1 spiro atoms. The Morgan fingerprint density at radius 2 is 1.88 bits per heavy atom. The van der Waals surface area contributed by atoms with Gasteiger partial charge in [-0.1, -0.05) is 0 Å². The van der Waals surface area contributed by atoms with Gasteiger partial charge in [0, 0.05) is 45.1 Å². The Kier molecular flexibility index (Phi) is 5.58. The first-order valence-electron chi connectivity index (χ1n) is 9.33. The van der Waals surface area contributed by atoms with Crippen molar-refractivity contribution in [3.8, 4) is 0 Å². The van der Waals surface area contributed by atoms with E-state index in [1.54, 1.807) is 24.3 Å². The van der Waals surface area contributed by atoms with E-state index in [-0.39, 0.29) is 24.6 Å². The largest absolute Gasteiger partial charge is 0.395 e. The van der Waals surface area contributed by atoms with E-state index in [9.17, 15) is 14.7 Å². The number of aromatic nitrogens is 1. The lowest BCUT2D eigenvalue weighted by Crippen LogP contribution is -2.57. The second-order valence-corrected chi connectivity index (χ2v) is 7.36. The number of hydrogen-bond donors (Lipinski definition) is 1. The second-order valence-electron chi connectivity index (χ2n) is 7.36. The molecule has 2 aliphatic rings. The minimum Gasteiger partial charge on any atom is -0.395 e. The lowest BCUT2D eigenvalue weighted by atomic mass is 9.85. The molecular weight excluding hydrogens is 332 g/mol. The average molecular weight is 360 g/mol. The highest BCUT2D eigenvalue weighted by Crippen LogP contribution is 2.36. The van der Waals surface area contributed by atoms with Gasteiger partial charge in [0.05, 0.1) is 6.61 Å². The molecule has 1 N–H and O–H groups in total. The van der Waals surface area contributed by atoms with Gasteiger partial charge in [0.1, 0.15) is 5.54 Å². The van der Waals surface area contributed by atoms with Gasteiger partial charge >= 0.3 is 6.03 Å². The molecule has 1 atom stereocenters. The highest BCUT2D eigenvalue weighted by atomic mass is 16.3. The smallest absolute Gasteiger partial charge is 0.327 e. The van der Waals surface area contributed by atoms with Crippen molar-refractivity contribution < 1.29 is 14.7 Å². The molecule has 7 nitrogen and oxygen atoms in total. The summed E-state index contributed by atoms with van der Waals surface area (Å²) in [7, 11) is 1.74. The average Bonchev–Trinajstić information content (AvgIpc) is 2.85. The fourth-order valence-corrected chi connectivity index (χ4v) is 4.03. The maximum Gasteiger partial charge on any atom is 0.327 e. The van der Waals surface area contributed by atoms with Crippen LogP contribution in [-0.4, -0.2) is 81.6 Å². The van der Waals surface area contributed by atoms with Crippen molar-refractivity contribution in [2.45, 2.75) is 44.2 Å². The first-order valence-corrected chi connectivity index (χ1v) is 9.33. The highest BCUT2D eigenvalue weighted by Gasteiger charge is 2.56. The standard InChI is InChI=1S/C19H28N4O3/c1-15(14-24)22-12-7-19(8-13-22)17(25)23(18(26)21(19)2)11-3-4-16-5-9-20-10-6-16/h5-6,9-10,15,24H,3-4,7-8,11-14H2,1-2H3. The van der Waals surface area contributed by atoms with Crippen molar-refractivity contribution in [1.29, 1.82) is 0 Å². The van der Waals surface area contributed by atoms with Crippen LogP contribution in [0.2, 0.25) is 0 Å². The zero-order chi connectivity index (χ0) is 18.7. The summed E-state index contributed by atoms with van der Waals surface area (Å²) >= 11 is 0. The molecule has 0 bridgehead atoms. The molecule has 1 aromatic heterocycles. The first kappa shape index (κ1) is 18.8. The molecule has 2 saturated heterocycles. The predicted octanol–water partition coefficient (Wildman–Crippen LogP) is 1.12. The number of urea groups is 1. The van der Waals surface area contributed by atoms with Crippen molar-refractivity contribution in [3.63, 3.8) is 0 Å². The predicted molar refractivity (Wildman–Crippen MR) is 97.5 cm³/mol. The summed E-state index contributed by atoms with van der Waals surface area (Å²) in [5, 5.41) is 9.34. The molecule has 142 valence electrons. The molecule has 2 aliphatic heterocycles. The molecular formula is C19H28N4O3. The van der Waals surface area contributed by atoms with Gasteiger partial charge in [-0.25, -0.2) is 4.79 Å². The molecule has 3 heterocycles. The lowest BCUT2D eigenvalue weighted by molar-refractivity contribution is -0.135. The Bertz CT molecular complexity index is 643. The molecule has 26 heavy (non-hydrogen) atoms. The van der Waals surface area contributed by atoms with Gasteiger partial charge in [-0.3, -0.25) is 19.6 Å². The molecule has 0 aromatic carbocycles. The van der Waals surface area contributed by atoms with E-state index in [1.165, 1.54) is 4.90 Å². The molecule has 0 aliphatic carbocycles. The number of piperidine rings is 1. The number of carbonyl (C=O) groups excluding carboxylic acids is 2. The third-order valence-electron chi connectivity index (χ3n) is 5.91. The van der Waals surface area contributed by atoms with Gasteiger partial charge in [-0.15, -0.1) is 0 Å². The van der Waals surface area contributed by atoms with Crippen LogP contribution in [-0.2, 0) is 11.2 Å². The van der Waals surface area contributed by atoms with E-state index in [0.29, 0.717) is 19.4 Å². The SMILES string of the molecule is CC(CO)N1CCC2(CC1)C(=O)N(CCCc1ccncc1)C(=O)N2C. The number of imide groups is 1. The molecule has 2 fully saturated rings. The van der Waals surface area contributed by atoms with E-state index >= 15 is 0 Å². The van der Waals surface area contributed by atoms with Crippen LogP contribution in [0.5, 0.6) is 0 Å². The minimum atomic E-state index is -0.709. The molecule has 1 aromatic rings. The zero-order valence-electron chi connectivity index (χ0n) is 15.6. The number of likely N-dealkylation sites (tertiary alicyclic amines) is 1. The van der Waals surface area contributed by atoms with Crippen molar-refractivity contribution in [3.05, 3.63) is 30.1 Å². The number of amides is 3. The summed E-state index contributed by atoms with van der Waals surface area (Å²) in [6.07, 6.45) is 6.33. The van der Waals surface area contributed by atoms with E-state index < -0.39 is 5.54 Å². The first-order chi connectivity index (χ1) is 12.5. The van der Waals surface area contributed by atoms with Crippen LogP contribution in [0.25, 0.3) is 0 Å². The van der Waals surface area contributed by atoms with Crippen LogP contribution in [0, 0.1) is 0 Å². The van der Waals surface area contributed by atoms with Crippen molar-refractivity contribution in [2.24, 2.45) is 0 Å². The molecule has 3 amide bonds. The minimum absolute atomic E-state index is 0.0592. The fourth-order valence-electron chi connectivity index (χ4n) is 4.03. The topological polar surface area (TPSA) is 77.0 Å². The Balaban J connectivity index is 1.62. The fraction of sp³-hybridized carbons (Fsp3) is 0.632. The third-order valence-corrected chi connectivity index (χ3v) is 5.91. The number of rotatable bonds is 6. The Morgan fingerprint density at radius 1 is 1.23 bits per heavy atom. The van der Waals surface area contributed by atoms with Gasteiger partial charge in [0.25, 0.3) is 5.91 Å². The Labute approximate surface area is 154 Å². The second kappa shape index (κ2) is 7.72. The highest BCUT2D eigenvalue weighted by molar-refractivity contribution is 6.07. The number of aliphatic hydroxyl groups is 1.